The van der Waals surface area contributed by atoms with Gasteiger partial charge in [-0.25, -0.2) is 0 Å². The molecule has 0 saturated carbocycles. The Morgan fingerprint density at radius 1 is 1.20 bits per heavy atom. The Morgan fingerprint density at radius 3 is 2.60 bits per heavy atom. The van der Waals surface area contributed by atoms with Crippen LogP contribution in [0.4, 0.5) is 0 Å². The predicted octanol–water partition coefficient (Wildman–Crippen LogP) is -1.13. The maximum Gasteiger partial charge on any atom is 0.234 e. The van der Waals surface area contributed by atoms with Crippen molar-refractivity contribution in [3.63, 3.8) is 0 Å². The zero-order chi connectivity index (χ0) is 13.8. The number of hydrogen-bond acceptors (Lipinski definition) is 5. The van der Waals surface area contributed by atoms with Crippen LogP contribution in [-0.2, 0) is 9.53 Å². The van der Waals surface area contributed by atoms with Crippen molar-refractivity contribution in [2.24, 2.45) is 0 Å². The molecule has 0 bridgehead atoms. The zero-order valence-electron chi connectivity index (χ0n) is 12.1. The van der Waals surface area contributed by atoms with Crippen molar-refractivity contribution < 1.29 is 9.53 Å². The quantitative estimate of drug-likeness (QED) is 0.683. The van der Waals surface area contributed by atoms with E-state index in [9.17, 15) is 4.79 Å². The van der Waals surface area contributed by atoms with Gasteiger partial charge in [-0.1, -0.05) is 0 Å². The Morgan fingerprint density at radius 2 is 1.90 bits per heavy atom. The third-order valence-corrected chi connectivity index (χ3v) is 4.56. The van der Waals surface area contributed by atoms with E-state index in [0.29, 0.717) is 18.6 Å². The number of nitrogens with zero attached hydrogens (tertiary/aromatic N) is 2. The highest BCUT2D eigenvalue weighted by molar-refractivity contribution is 5.78. The summed E-state index contributed by atoms with van der Waals surface area (Å²) in [6.07, 6.45) is 1.91. The van der Waals surface area contributed by atoms with Crippen molar-refractivity contribution in [1.82, 2.24) is 20.4 Å². The van der Waals surface area contributed by atoms with Gasteiger partial charge < -0.3 is 15.4 Å². The molecule has 2 N–H and O–H groups in total. The molecule has 3 aliphatic rings. The third-order valence-electron chi connectivity index (χ3n) is 4.56. The van der Waals surface area contributed by atoms with Crippen LogP contribution in [0.3, 0.4) is 0 Å². The lowest BCUT2D eigenvalue weighted by atomic mass is 10.1. The molecule has 0 unspecified atom stereocenters. The minimum atomic E-state index is 0.177. The van der Waals surface area contributed by atoms with E-state index >= 15 is 0 Å². The minimum absolute atomic E-state index is 0.177. The Kier molecular flexibility index (Phi) is 4.88. The van der Waals surface area contributed by atoms with E-state index in [2.05, 4.69) is 20.4 Å². The Hall–Kier alpha value is -0.690. The first-order valence-electron chi connectivity index (χ1n) is 7.85. The van der Waals surface area contributed by atoms with Gasteiger partial charge in [0.15, 0.2) is 0 Å². The molecular weight excluding hydrogens is 256 g/mol. The molecule has 0 atom stereocenters. The van der Waals surface area contributed by atoms with Gasteiger partial charge in [0.05, 0.1) is 6.54 Å². The molecule has 0 aromatic rings. The van der Waals surface area contributed by atoms with E-state index in [1.54, 1.807) is 0 Å². The highest BCUT2D eigenvalue weighted by atomic mass is 16.5. The fraction of sp³-hybridized carbons (Fsp3) is 0.929. The van der Waals surface area contributed by atoms with Crippen molar-refractivity contribution >= 4 is 5.91 Å². The summed E-state index contributed by atoms with van der Waals surface area (Å²) in [5.74, 6) is 0.177. The largest absolute Gasteiger partial charge is 0.381 e. The molecule has 0 aliphatic carbocycles. The summed E-state index contributed by atoms with van der Waals surface area (Å²) in [4.78, 5) is 16.8. The predicted molar refractivity (Wildman–Crippen MR) is 76.7 cm³/mol. The van der Waals surface area contributed by atoms with E-state index in [4.69, 9.17) is 4.74 Å². The summed E-state index contributed by atoms with van der Waals surface area (Å²) >= 11 is 0. The van der Waals surface area contributed by atoms with E-state index in [1.807, 2.05) is 0 Å². The second-order valence-electron chi connectivity index (χ2n) is 6.09. The number of carbonyl (C=O) groups is 1. The second kappa shape index (κ2) is 6.85. The molecule has 6 nitrogen and oxygen atoms in total. The zero-order valence-corrected chi connectivity index (χ0v) is 12.1. The van der Waals surface area contributed by atoms with Crippen LogP contribution in [0.15, 0.2) is 0 Å². The number of hydrogen-bond donors (Lipinski definition) is 2. The van der Waals surface area contributed by atoms with E-state index in [1.165, 1.54) is 0 Å². The van der Waals surface area contributed by atoms with Gasteiger partial charge in [-0.05, 0) is 12.8 Å². The van der Waals surface area contributed by atoms with Gasteiger partial charge in [0, 0.05) is 64.6 Å². The number of carbonyl (C=O) groups excluding carboxylic acids is 1. The normalized spacial score (nSPS) is 27.2. The van der Waals surface area contributed by atoms with Crippen LogP contribution in [0, 0.1) is 0 Å². The number of nitrogens with one attached hydrogen (secondary N) is 2. The van der Waals surface area contributed by atoms with Crippen LogP contribution in [0.2, 0.25) is 0 Å². The first-order chi connectivity index (χ1) is 9.81. The fourth-order valence-corrected chi connectivity index (χ4v) is 3.27. The van der Waals surface area contributed by atoms with Crippen molar-refractivity contribution in [2.45, 2.75) is 24.9 Å². The van der Waals surface area contributed by atoms with Crippen molar-refractivity contribution in [3.05, 3.63) is 0 Å². The van der Waals surface area contributed by atoms with Gasteiger partial charge in [0.2, 0.25) is 5.91 Å². The standard InChI is InChI=1S/C14H26N4O2/c19-14(16-12-1-7-20-8-2-12)11-17-9-13(10-17)18-5-3-15-4-6-18/h12-13,15H,1-11H2,(H,16,19). The molecule has 0 spiro atoms. The van der Waals surface area contributed by atoms with Crippen molar-refractivity contribution in [2.75, 3.05) is 59.0 Å². The molecule has 0 aromatic heterocycles. The first-order valence-corrected chi connectivity index (χ1v) is 7.85. The number of piperazine rings is 1. The topological polar surface area (TPSA) is 56.8 Å². The van der Waals surface area contributed by atoms with Gasteiger partial charge in [-0.15, -0.1) is 0 Å². The summed E-state index contributed by atoms with van der Waals surface area (Å²) in [6.45, 7) is 8.68. The van der Waals surface area contributed by atoms with Gasteiger partial charge in [-0.3, -0.25) is 14.6 Å². The average Bonchev–Trinajstić information content (AvgIpc) is 2.44. The lowest BCUT2D eigenvalue weighted by Gasteiger charge is -2.46. The molecule has 20 heavy (non-hydrogen) atoms. The molecule has 3 aliphatic heterocycles. The molecule has 3 heterocycles. The summed E-state index contributed by atoms with van der Waals surface area (Å²) in [5.41, 5.74) is 0. The Labute approximate surface area is 120 Å². The number of likely N-dealkylation sites (tertiary alicyclic amines) is 1. The number of amides is 1. The van der Waals surface area contributed by atoms with Gasteiger partial charge in [0.25, 0.3) is 0 Å². The van der Waals surface area contributed by atoms with Crippen LogP contribution in [0.1, 0.15) is 12.8 Å². The van der Waals surface area contributed by atoms with Crippen LogP contribution in [0.25, 0.3) is 0 Å². The third kappa shape index (κ3) is 3.69. The Balaban J connectivity index is 1.32. The number of ether oxygens (including phenoxy) is 1. The van der Waals surface area contributed by atoms with Crippen LogP contribution in [0.5, 0.6) is 0 Å². The lowest BCUT2D eigenvalue weighted by molar-refractivity contribution is -0.125. The molecule has 0 aromatic carbocycles. The van der Waals surface area contributed by atoms with E-state index in [0.717, 1.165) is 65.3 Å². The molecule has 3 fully saturated rings. The summed E-state index contributed by atoms with van der Waals surface area (Å²) in [6, 6.07) is 0.981. The molecular formula is C14H26N4O2. The van der Waals surface area contributed by atoms with Crippen LogP contribution >= 0.6 is 0 Å². The molecule has 6 heteroatoms. The maximum absolute atomic E-state index is 12.0. The lowest BCUT2D eigenvalue weighted by Crippen LogP contribution is -2.64. The highest BCUT2D eigenvalue weighted by Crippen LogP contribution is 2.15. The average molecular weight is 282 g/mol. The molecule has 0 radical (unpaired) electrons. The minimum Gasteiger partial charge on any atom is -0.381 e. The summed E-state index contributed by atoms with van der Waals surface area (Å²) in [7, 11) is 0. The maximum atomic E-state index is 12.0. The SMILES string of the molecule is O=C(CN1CC(N2CCNCC2)C1)NC1CCOCC1. The van der Waals surface area contributed by atoms with Crippen LogP contribution in [-0.4, -0.2) is 86.8 Å². The van der Waals surface area contributed by atoms with Gasteiger partial charge in [0.1, 0.15) is 0 Å². The van der Waals surface area contributed by atoms with Gasteiger partial charge >= 0.3 is 0 Å². The van der Waals surface area contributed by atoms with Crippen molar-refractivity contribution in [1.29, 1.82) is 0 Å². The van der Waals surface area contributed by atoms with E-state index < -0.39 is 0 Å². The van der Waals surface area contributed by atoms with E-state index in [-0.39, 0.29) is 5.91 Å². The molecule has 3 saturated heterocycles. The highest BCUT2D eigenvalue weighted by Gasteiger charge is 2.33. The number of rotatable bonds is 4. The monoisotopic (exact) mass is 282 g/mol. The Bertz CT molecular complexity index is 321. The van der Waals surface area contributed by atoms with Gasteiger partial charge in [-0.2, -0.15) is 0 Å². The molecule has 1 amide bonds. The van der Waals surface area contributed by atoms with Crippen LogP contribution < -0.4 is 10.6 Å². The smallest absolute Gasteiger partial charge is 0.234 e. The molecule has 3 rings (SSSR count). The second-order valence-corrected chi connectivity index (χ2v) is 6.09. The molecule has 114 valence electrons. The van der Waals surface area contributed by atoms with Crippen molar-refractivity contribution in [3.8, 4) is 0 Å². The fourth-order valence-electron chi connectivity index (χ4n) is 3.27. The summed E-state index contributed by atoms with van der Waals surface area (Å²) in [5, 5.41) is 6.51. The first kappa shape index (κ1) is 14.3. The summed E-state index contributed by atoms with van der Waals surface area (Å²) < 4.78 is 5.30.